The minimum Gasteiger partial charge on any atom is -0.322 e. The molecule has 0 bridgehead atoms. The molecule has 1 aliphatic heterocycles. The van der Waals surface area contributed by atoms with Crippen molar-refractivity contribution in [3.63, 3.8) is 0 Å². The van der Waals surface area contributed by atoms with Crippen LogP contribution in [0.5, 0.6) is 0 Å². The number of hydrogen-bond donors (Lipinski definition) is 2. The number of aromatic nitrogens is 4. The first kappa shape index (κ1) is 18.1. The summed E-state index contributed by atoms with van der Waals surface area (Å²) in [7, 11) is 1.68. The van der Waals surface area contributed by atoms with E-state index in [9.17, 15) is 19.2 Å². The van der Waals surface area contributed by atoms with E-state index < -0.39 is 23.4 Å². The molecule has 2 aliphatic rings. The second-order valence-corrected chi connectivity index (χ2v) is 7.25. The number of nitrogens with one attached hydrogen (secondary N) is 2. The Kier molecular flexibility index (Phi) is 4.36. The second kappa shape index (κ2) is 6.73. The number of carbonyl (C=O) groups excluding carboxylic acids is 3. The highest BCUT2D eigenvalue weighted by molar-refractivity contribution is 6.08. The van der Waals surface area contributed by atoms with Crippen LogP contribution in [0.4, 0.5) is 4.79 Å². The maximum Gasteiger partial charge on any atom is 0.344 e. The summed E-state index contributed by atoms with van der Waals surface area (Å²) in [5.74, 6) is -0.948. The summed E-state index contributed by atoms with van der Waals surface area (Å²) in [5, 5.41) is 7.84. The number of hydrazine groups is 1. The lowest BCUT2D eigenvalue weighted by Crippen LogP contribution is -2.51. The number of hydrogen-bond acceptors (Lipinski definition) is 6. The van der Waals surface area contributed by atoms with Gasteiger partial charge in [0, 0.05) is 20.0 Å². The highest BCUT2D eigenvalue weighted by Crippen LogP contribution is 2.32. The van der Waals surface area contributed by atoms with Gasteiger partial charge in [-0.15, -0.1) is 0 Å². The monoisotopic (exact) mass is 387 g/mol. The molecule has 11 heteroatoms. The zero-order chi connectivity index (χ0) is 19.9. The summed E-state index contributed by atoms with van der Waals surface area (Å²) in [6.45, 7) is 0.0668. The van der Waals surface area contributed by atoms with Crippen LogP contribution in [0.15, 0.2) is 17.3 Å². The molecule has 0 unspecified atom stereocenters. The van der Waals surface area contributed by atoms with Crippen molar-refractivity contribution in [1.82, 2.24) is 35.1 Å². The average Bonchev–Trinajstić information content (AvgIpc) is 3.16. The molecule has 0 aromatic carbocycles. The summed E-state index contributed by atoms with van der Waals surface area (Å²) in [6.07, 6.45) is 6.61. The van der Waals surface area contributed by atoms with E-state index in [2.05, 4.69) is 20.8 Å². The van der Waals surface area contributed by atoms with Crippen LogP contribution in [-0.2, 0) is 23.2 Å². The summed E-state index contributed by atoms with van der Waals surface area (Å²) in [6, 6.07) is -0.615. The van der Waals surface area contributed by atoms with Crippen molar-refractivity contribution in [3.05, 3.63) is 22.9 Å². The van der Waals surface area contributed by atoms with Gasteiger partial charge in [-0.25, -0.2) is 9.78 Å². The standard InChI is InChI=1S/C17H21N7O4/c1-22-13-11(9-19-22)14(26)23(10-18-13)8-5-12(25)21-24-15(27)17(20-16(24)28)6-3-2-4-7-17/h9-10H,2-8H2,1H3,(H,20,28)(H,21,25). The molecule has 148 valence electrons. The lowest BCUT2D eigenvalue weighted by Gasteiger charge is -2.30. The smallest absolute Gasteiger partial charge is 0.322 e. The molecule has 1 saturated heterocycles. The first-order valence-electron chi connectivity index (χ1n) is 9.25. The van der Waals surface area contributed by atoms with E-state index in [4.69, 9.17) is 0 Å². The Labute approximate surface area is 159 Å². The average molecular weight is 387 g/mol. The Bertz CT molecular complexity index is 1020. The molecule has 2 aromatic heterocycles. The zero-order valence-corrected chi connectivity index (χ0v) is 15.5. The highest BCUT2D eigenvalue weighted by atomic mass is 16.2. The zero-order valence-electron chi connectivity index (χ0n) is 15.5. The molecule has 1 spiro atoms. The van der Waals surface area contributed by atoms with Crippen molar-refractivity contribution in [2.75, 3.05) is 0 Å². The lowest BCUT2D eigenvalue weighted by molar-refractivity contribution is -0.140. The Morgan fingerprint density at radius 1 is 1.25 bits per heavy atom. The quantitative estimate of drug-likeness (QED) is 0.699. The predicted octanol–water partition coefficient (Wildman–Crippen LogP) is -0.194. The fourth-order valence-electron chi connectivity index (χ4n) is 3.84. The number of carbonyl (C=O) groups is 3. The molecule has 2 aromatic rings. The molecule has 28 heavy (non-hydrogen) atoms. The van der Waals surface area contributed by atoms with E-state index in [0.29, 0.717) is 23.9 Å². The topological polar surface area (TPSA) is 131 Å². The molecule has 2 fully saturated rings. The summed E-state index contributed by atoms with van der Waals surface area (Å²) in [4.78, 5) is 53.7. The molecule has 11 nitrogen and oxygen atoms in total. The third-order valence-corrected chi connectivity index (χ3v) is 5.40. The third kappa shape index (κ3) is 2.92. The molecule has 1 saturated carbocycles. The fourth-order valence-corrected chi connectivity index (χ4v) is 3.84. The molecular weight excluding hydrogens is 366 g/mol. The van der Waals surface area contributed by atoms with Gasteiger partial charge < -0.3 is 5.32 Å². The van der Waals surface area contributed by atoms with Gasteiger partial charge in [-0.2, -0.15) is 10.1 Å². The summed E-state index contributed by atoms with van der Waals surface area (Å²) >= 11 is 0. The number of nitrogens with zero attached hydrogens (tertiary/aromatic N) is 5. The van der Waals surface area contributed by atoms with Gasteiger partial charge in [-0.1, -0.05) is 19.3 Å². The second-order valence-electron chi connectivity index (χ2n) is 7.25. The van der Waals surface area contributed by atoms with Crippen molar-refractivity contribution in [2.24, 2.45) is 7.05 Å². The molecule has 2 N–H and O–H groups in total. The largest absolute Gasteiger partial charge is 0.344 e. The van der Waals surface area contributed by atoms with Crippen molar-refractivity contribution in [3.8, 4) is 0 Å². The number of amides is 4. The van der Waals surface area contributed by atoms with Crippen LogP contribution in [0.25, 0.3) is 11.0 Å². The minimum absolute atomic E-state index is 0.0668. The highest BCUT2D eigenvalue weighted by Gasteiger charge is 2.52. The van der Waals surface area contributed by atoms with Crippen LogP contribution < -0.4 is 16.3 Å². The maximum atomic E-state index is 12.7. The molecule has 0 atom stereocenters. The molecule has 1 aliphatic carbocycles. The van der Waals surface area contributed by atoms with Crippen molar-refractivity contribution in [2.45, 2.75) is 50.6 Å². The van der Waals surface area contributed by atoms with Crippen LogP contribution in [-0.4, -0.2) is 47.7 Å². The van der Waals surface area contributed by atoms with Crippen LogP contribution in [0.1, 0.15) is 38.5 Å². The lowest BCUT2D eigenvalue weighted by atomic mass is 9.82. The van der Waals surface area contributed by atoms with E-state index in [-0.39, 0.29) is 18.5 Å². The first-order valence-corrected chi connectivity index (χ1v) is 9.25. The van der Waals surface area contributed by atoms with Gasteiger partial charge in [0.05, 0.1) is 12.5 Å². The molecule has 3 heterocycles. The van der Waals surface area contributed by atoms with Crippen molar-refractivity contribution < 1.29 is 14.4 Å². The van der Waals surface area contributed by atoms with Gasteiger partial charge in [0.25, 0.3) is 11.5 Å². The maximum absolute atomic E-state index is 12.7. The molecule has 0 radical (unpaired) electrons. The van der Waals surface area contributed by atoms with E-state index in [0.717, 1.165) is 24.3 Å². The Morgan fingerprint density at radius 2 is 2.00 bits per heavy atom. The third-order valence-electron chi connectivity index (χ3n) is 5.40. The Hall–Kier alpha value is -3.24. The van der Waals surface area contributed by atoms with Gasteiger partial charge in [0.1, 0.15) is 10.9 Å². The van der Waals surface area contributed by atoms with E-state index >= 15 is 0 Å². The normalized spacial score (nSPS) is 18.7. The van der Waals surface area contributed by atoms with E-state index in [1.54, 1.807) is 7.05 Å². The fraction of sp³-hybridized carbons (Fsp3) is 0.529. The van der Waals surface area contributed by atoms with E-state index in [1.165, 1.54) is 21.8 Å². The number of rotatable bonds is 4. The van der Waals surface area contributed by atoms with Gasteiger partial charge in [-0.3, -0.25) is 29.1 Å². The number of fused-ring (bicyclic) bond motifs is 1. The van der Waals surface area contributed by atoms with Crippen molar-refractivity contribution in [1.29, 1.82) is 0 Å². The number of urea groups is 1. The number of aryl methyl sites for hydroxylation is 2. The van der Waals surface area contributed by atoms with Crippen LogP contribution >= 0.6 is 0 Å². The minimum atomic E-state index is -0.894. The molecular formula is C17H21N7O4. The SMILES string of the molecule is Cn1ncc2c(=O)n(CCC(=O)NN3C(=O)NC4(CCCCC4)C3=O)cnc21. The van der Waals surface area contributed by atoms with Gasteiger partial charge in [0.2, 0.25) is 5.91 Å². The summed E-state index contributed by atoms with van der Waals surface area (Å²) < 4.78 is 2.80. The van der Waals surface area contributed by atoms with Gasteiger partial charge >= 0.3 is 6.03 Å². The molecule has 4 amide bonds. The Morgan fingerprint density at radius 3 is 2.75 bits per heavy atom. The molecule has 4 rings (SSSR count). The summed E-state index contributed by atoms with van der Waals surface area (Å²) in [5.41, 5.74) is 1.62. The van der Waals surface area contributed by atoms with E-state index in [1.807, 2.05) is 0 Å². The van der Waals surface area contributed by atoms with Crippen LogP contribution in [0.2, 0.25) is 0 Å². The van der Waals surface area contributed by atoms with Crippen LogP contribution in [0, 0.1) is 0 Å². The van der Waals surface area contributed by atoms with Gasteiger partial charge in [0.15, 0.2) is 5.65 Å². The first-order chi connectivity index (χ1) is 13.4. The number of imide groups is 1. The predicted molar refractivity (Wildman–Crippen MR) is 96.7 cm³/mol. The van der Waals surface area contributed by atoms with Gasteiger partial charge in [-0.05, 0) is 12.8 Å². The van der Waals surface area contributed by atoms with Crippen molar-refractivity contribution >= 4 is 28.9 Å². The Balaban J connectivity index is 1.41. The van der Waals surface area contributed by atoms with Crippen LogP contribution in [0.3, 0.4) is 0 Å².